The van der Waals surface area contributed by atoms with Crippen molar-refractivity contribution in [3.63, 3.8) is 0 Å². The van der Waals surface area contributed by atoms with Gasteiger partial charge in [-0.15, -0.1) is 0 Å². The minimum absolute atomic E-state index is 0.0233. The van der Waals surface area contributed by atoms with Crippen molar-refractivity contribution in [3.8, 4) is 0 Å². The SMILES string of the molecule is O=C(NCC=Cc1ccc(Br)cc1C(F)(F)F)OCc1ccccc1. The van der Waals surface area contributed by atoms with Crippen molar-refractivity contribution in [2.24, 2.45) is 0 Å². The first kappa shape index (κ1) is 19.1. The van der Waals surface area contributed by atoms with E-state index in [1.807, 2.05) is 30.3 Å². The van der Waals surface area contributed by atoms with Gasteiger partial charge in [0.2, 0.25) is 0 Å². The van der Waals surface area contributed by atoms with E-state index < -0.39 is 17.8 Å². The third-order valence-corrected chi connectivity index (χ3v) is 3.69. The normalized spacial score (nSPS) is 11.5. The summed E-state index contributed by atoms with van der Waals surface area (Å²) >= 11 is 3.03. The fourth-order valence-corrected chi connectivity index (χ4v) is 2.38. The third-order valence-electron chi connectivity index (χ3n) is 3.20. The van der Waals surface area contributed by atoms with Crippen LogP contribution in [0, 0.1) is 0 Å². The van der Waals surface area contributed by atoms with Crippen LogP contribution in [-0.4, -0.2) is 12.6 Å². The zero-order chi connectivity index (χ0) is 18.3. The van der Waals surface area contributed by atoms with Gasteiger partial charge < -0.3 is 10.1 Å². The quantitative estimate of drug-likeness (QED) is 0.711. The summed E-state index contributed by atoms with van der Waals surface area (Å²) < 4.78 is 44.3. The Balaban J connectivity index is 1.86. The number of nitrogens with one attached hydrogen (secondary N) is 1. The summed E-state index contributed by atoms with van der Waals surface area (Å²) in [6.07, 6.45) is -2.35. The van der Waals surface area contributed by atoms with Crippen molar-refractivity contribution in [3.05, 3.63) is 75.8 Å². The lowest BCUT2D eigenvalue weighted by Gasteiger charge is -2.10. The molecule has 0 saturated carbocycles. The van der Waals surface area contributed by atoms with Crippen molar-refractivity contribution >= 4 is 28.1 Å². The van der Waals surface area contributed by atoms with Crippen LogP contribution in [0.3, 0.4) is 0 Å². The van der Waals surface area contributed by atoms with E-state index in [2.05, 4.69) is 21.2 Å². The molecule has 0 spiro atoms. The van der Waals surface area contributed by atoms with Gasteiger partial charge in [0.05, 0.1) is 5.56 Å². The lowest BCUT2D eigenvalue weighted by molar-refractivity contribution is -0.137. The summed E-state index contributed by atoms with van der Waals surface area (Å²) in [4.78, 5) is 11.5. The summed E-state index contributed by atoms with van der Waals surface area (Å²) in [6.45, 7) is 0.183. The molecule has 3 nitrogen and oxygen atoms in total. The number of benzene rings is 2. The van der Waals surface area contributed by atoms with Crippen LogP contribution in [0.2, 0.25) is 0 Å². The number of alkyl carbamates (subject to hydrolysis) is 1. The Morgan fingerprint density at radius 3 is 2.56 bits per heavy atom. The largest absolute Gasteiger partial charge is 0.445 e. The molecule has 0 aliphatic heterocycles. The number of halogens is 4. The maximum absolute atomic E-state index is 13.0. The molecule has 7 heteroatoms. The van der Waals surface area contributed by atoms with Crippen molar-refractivity contribution in [1.82, 2.24) is 5.32 Å². The van der Waals surface area contributed by atoms with E-state index in [-0.39, 0.29) is 18.7 Å². The molecule has 0 saturated heterocycles. The molecule has 0 radical (unpaired) electrons. The summed E-state index contributed by atoms with van der Waals surface area (Å²) in [5.41, 5.74) is 0.123. The number of rotatable bonds is 5. The Morgan fingerprint density at radius 2 is 1.88 bits per heavy atom. The smallest absolute Gasteiger partial charge is 0.417 e. The molecule has 25 heavy (non-hydrogen) atoms. The van der Waals surface area contributed by atoms with Crippen LogP contribution in [0.25, 0.3) is 6.08 Å². The molecule has 2 rings (SSSR count). The number of carbonyl (C=O) groups excluding carboxylic acids is 1. The van der Waals surface area contributed by atoms with Crippen molar-refractivity contribution in [2.75, 3.05) is 6.54 Å². The standard InChI is InChI=1S/C18H15BrF3NO2/c19-15-9-8-14(16(11-15)18(20,21)22)7-4-10-23-17(24)25-12-13-5-2-1-3-6-13/h1-9,11H,10,12H2,(H,23,24). The van der Waals surface area contributed by atoms with Crippen LogP contribution in [0.1, 0.15) is 16.7 Å². The van der Waals surface area contributed by atoms with Crippen LogP contribution in [0.4, 0.5) is 18.0 Å². The number of hydrogen-bond donors (Lipinski definition) is 1. The summed E-state index contributed by atoms with van der Waals surface area (Å²) in [5.74, 6) is 0. The number of carbonyl (C=O) groups is 1. The number of amides is 1. The lowest BCUT2D eigenvalue weighted by Crippen LogP contribution is -2.24. The van der Waals surface area contributed by atoms with Gasteiger partial charge in [0.15, 0.2) is 0 Å². The van der Waals surface area contributed by atoms with Gasteiger partial charge in [0.25, 0.3) is 0 Å². The Labute approximate surface area is 151 Å². The van der Waals surface area contributed by atoms with Gasteiger partial charge in [0, 0.05) is 11.0 Å². The fraction of sp³-hybridized carbons (Fsp3) is 0.167. The molecule has 0 fully saturated rings. The molecular formula is C18H15BrF3NO2. The average molecular weight is 414 g/mol. The van der Waals surface area contributed by atoms with Crippen LogP contribution in [0.5, 0.6) is 0 Å². The summed E-state index contributed by atoms with van der Waals surface area (Å²) in [7, 11) is 0. The number of hydrogen-bond acceptors (Lipinski definition) is 2. The zero-order valence-electron chi connectivity index (χ0n) is 13.0. The molecule has 0 aromatic heterocycles. The maximum Gasteiger partial charge on any atom is 0.417 e. The van der Waals surface area contributed by atoms with Gasteiger partial charge in [-0.25, -0.2) is 4.79 Å². The van der Waals surface area contributed by atoms with E-state index in [4.69, 9.17) is 4.74 Å². The van der Waals surface area contributed by atoms with Crippen LogP contribution in [0.15, 0.2) is 59.1 Å². The summed E-state index contributed by atoms with van der Waals surface area (Å²) in [6, 6.07) is 13.0. The molecule has 0 unspecified atom stereocenters. The van der Waals surface area contributed by atoms with Crippen molar-refractivity contribution in [2.45, 2.75) is 12.8 Å². The van der Waals surface area contributed by atoms with E-state index in [1.165, 1.54) is 24.3 Å². The molecule has 2 aromatic rings. The van der Waals surface area contributed by atoms with Gasteiger partial charge >= 0.3 is 12.3 Å². The van der Waals surface area contributed by atoms with Gasteiger partial charge in [-0.1, -0.05) is 64.5 Å². The minimum Gasteiger partial charge on any atom is -0.445 e. The predicted octanol–water partition coefficient (Wildman–Crippen LogP) is 5.41. The highest BCUT2D eigenvalue weighted by Gasteiger charge is 2.32. The molecule has 0 aliphatic rings. The second kappa shape index (κ2) is 8.71. The number of ether oxygens (including phenoxy) is 1. The molecule has 0 heterocycles. The highest BCUT2D eigenvalue weighted by atomic mass is 79.9. The third kappa shape index (κ3) is 6.26. The Morgan fingerprint density at radius 1 is 1.16 bits per heavy atom. The monoisotopic (exact) mass is 413 g/mol. The molecule has 2 aromatic carbocycles. The Hall–Kier alpha value is -2.28. The maximum atomic E-state index is 13.0. The first-order chi connectivity index (χ1) is 11.9. The Kier molecular flexibility index (Phi) is 6.64. The van der Waals surface area contributed by atoms with Gasteiger partial charge in [-0.2, -0.15) is 13.2 Å². The van der Waals surface area contributed by atoms with Crippen LogP contribution >= 0.6 is 15.9 Å². The summed E-state index contributed by atoms with van der Waals surface area (Å²) in [5, 5.41) is 2.45. The van der Waals surface area contributed by atoms with Crippen LogP contribution in [-0.2, 0) is 17.5 Å². The molecular weight excluding hydrogens is 399 g/mol. The average Bonchev–Trinajstić information content (AvgIpc) is 2.58. The van der Waals surface area contributed by atoms with Gasteiger partial charge in [0.1, 0.15) is 6.61 Å². The molecule has 0 atom stereocenters. The van der Waals surface area contributed by atoms with Gasteiger partial charge in [-0.05, 0) is 23.3 Å². The fourth-order valence-electron chi connectivity index (χ4n) is 2.02. The van der Waals surface area contributed by atoms with Gasteiger partial charge in [-0.3, -0.25) is 0 Å². The van der Waals surface area contributed by atoms with Crippen molar-refractivity contribution in [1.29, 1.82) is 0 Å². The van der Waals surface area contributed by atoms with E-state index in [0.717, 1.165) is 11.6 Å². The Bertz CT molecular complexity index is 746. The van der Waals surface area contributed by atoms with E-state index in [1.54, 1.807) is 0 Å². The predicted molar refractivity (Wildman–Crippen MR) is 92.8 cm³/mol. The topological polar surface area (TPSA) is 38.3 Å². The second-order valence-corrected chi connectivity index (χ2v) is 5.99. The lowest BCUT2D eigenvalue weighted by atomic mass is 10.1. The number of alkyl halides is 3. The molecule has 0 bridgehead atoms. The highest BCUT2D eigenvalue weighted by molar-refractivity contribution is 9.10. The molecule has 0 aliphatic carbocycles. The van der Waals surface area contributed by atoms with E-state index in [0.29, 0.717) is 4.47 Å². The van der Waals surface area contributed by atoms with E-state index in [9.17, 15) is 18.0 Å². The molecule has 1 N–H and O–H groups in total. The molecule has 132 valence electrons. The van der Waals surface area contributed by atoms with Crippen LogP contribution < -0.4 is 5.32 Å². The first-order valence-electron chi connectivity index (χ1n) is 7.34. The second-order valence-electron chi connectivity index (χ2n) is 5.07. The highest BCUT2D eigenvalue weighted by Crippen LogP contribution is 2.34. The zero-order valence-corrected chi connectivity index (χ0v) is 14.6. The molecule has 1 amide bonds. The minimum atomic E-state index is -4.45. The van der Waals surface area contributed by atoms with E-state index >= 15 is 0 Å². The first-order valence-corrected chi connectivity index (χ1v) is 8.13. The van der Waals surface area contributed by atoms with Crippen molar-refractivity contribution < 1.29 is 22.7 Å².